The van der Waals surface area contributed by atoms with Gasteiger partial charge in [-0.1, -0.05) is 191 Å². The summed E-state index contributed by atoms with van der Waals surface area (Å²) in [5.74, 6) is -0.661. The molecule has 0 aliphatic heterocycles. The smallest absolute Gasteiger partial charge is 0.305 e. The summed E-state index contributed by atoms with van der Waals surface area (Å²) >= 11 is 0. The topological polar surface area (TPSA) is 93.1 Å². The standard InChI is InChI=1S/C45H80O6/c1-3-5-7-9-11-12-13-14-15-16-17-18-19-20-21-22-26-30-34-38-44(48)50-40-43(47)41-51-45(49)39-35-31-27-24-23-25-29-33-37-42(46)36-32-28-10-8-6-4-2/h24-25,27-29,32-33,37,42-43,46-47H,3-23,26,30-31,34-36,38-41H2,1-2H3/b27-24-,29-25-,32-28-,37-33+/t42-,43+/m1/s1. The summed E-state index contributed by atoms with van der Waals surface area (Å²) in [6.07, 6.45) is 47.8. The molecule has 0 aromatic carbocycles. The summed E-state index contributed by atoms with van der Waals surface area (Å²) in [5, 5.41) is 20.0. The fourth-order valence-electron chi connectivity index (χ4n) is 5.87. The number of rotatable bonds is 38. The highest BCUT2D eigenvalue weighted by Gasteiger charge is 2.12. The average molecular weight is 717 g/mol. The van der Waals surface area contributed by atoms with Gasteiger partial charge in [0.2, 0.25) is 0 Å². The minimum Gasteiger partial charge on any atom is -0.463 e. The molecule has 0 heterocycles. The van der Waals surface area contributed by atoms with Crippen LogP contribution < -0.4 is 0 Å². The number of carbonyl (C=O) groups excluding carboxylic acids is 2. The van der Waals surface area contributed by atoms with Crippen molar-refractivity contribution >= 4 is 11.9 Å². The third kappa shape index (κ3) is 40.4. The third-order valence-electron chi connectivity index (χ3n) is 9.15. The van der Waals surface area contributed by atoms with Gasteiger partial charge in [0.25, 0.3) is 0 Å². The van der Waals surface area contributed by atoms with Gasteiger partial charge in [-0.3, -0.25) is 9.59 Å². The number of allylic oxidation sites excluding steroid dienone is 6. The van der Waals surface area contributed by atoms with E-state index in [1.54, 1.807) is 6.08 Å². The van der Waals surface area contributed by atoms with Crippen molar-refractivity contribution in [3.8, 4) is 0 Å². The molecule has 0 aromatic rings. The molecule has 0 amide bonds. The minimum atomic E-state index is -1.00. The van der Waals surface area contributed by atoms with Gasteiger partial charge < -0.3 is 19.7 Å². The fourth-order valence-corrected chi connectivity index (χ4v) is 5.87. The van der Waals surface area contributed by atoms with Crippen LogP contribution in [0.3, 0.4) is 0 Å². The number of hydrogen-bond acceptors (Lipinski definition) is 6. The van der Waals surface area contributed by atoms with Gasteiger partial charge in [-0.2, -0.15) is 0 Å². The molecule has 0 aliphatic carbocycles. The Bertz CT molecular complexity index is 876. The first kappa shape index (κ1) is 48.8. The third-order valence-corrected chi connectivity index (χ3v) is 9.15. The first-order chi connectivity index (χ1) is 25.0. The Morgan fingerprint density at radius 3 is 1.45 bits per heavy atom. The van der Waals surface area contributed by atoms with Crippen molar-refractivity contribution < 1.29 is 29.3 Å². The molecule has 51 heavy (non-hydrogen) atoms. The van der Waals surface area contributed by atoms with Gasteiger partial charge in [0, 0.05) is 12.8 Å². The van der Waals surface area contributed by atoms with Gasteiger partial charge in [0.05, 0.1) is 6.10 Å². The molecule has 2 atom stereocenters. The zero-order chi connectivity index (χ0) is 37.3. The molecule has 0 saturated carbocycles. The van der Waals surface area contributed by atoms with Crippen LogP contribution in [0, 0.1) is 0 Å². The van der Waals surface area contributed by atoms with E-state index in [1.807, 2.05) is 30.4 Å². The fraction of sp³-hybridized carbons (Fsp3) is 0.778. The van der Waals surface area contributed by atoms with E-state index in [0.29, 0.717) is 19.3 Å². The van der Waals surface area contributed by atoms with E-state index in [4.69, 9.17) is 9.47 Å². The van der Waals surface area contributed by atoms with E-state index < -0.39 is 12.2 Å². The van der Waals surface area contributed by atoms with Crippen LogP contribution >= 0.6 is 0 Å². The lowest BCUT2D eigenvalue weighted by molar-refractivity contribution is -0.152. The Morgan fingerprint density at radius 2 is 0.922 bits per heavy atom. The maximum Gasteiger partial charge on any atom is 0.305 e. The van der Waals surface area contributed by atoms with Gasteiger partial charge in [-0.05, 0) is 44.9 Å². The molecule has 0 unspecified atom stereocenters. The number of aliphatic hydroxyl groups is 2. The highest BCUT2D eigenvalue weighted by atomic mass is 16.6. The molecule has 0 rings (SSSR count). The zero-order valence-electron chi connectivity index (χ0n) is 33.2. The maximum absolute atomic E-state index is 12.0. The van der Waals surface area contributed by atoms with Crippen LogP contribution in [0.4, 0.5) is 0 Å². The van der Waals surface area contributed by atoms with Crippen LogP contribution in [-0.4, -0.2) is 47.6 Å². The van der Waals surface area contributed by atoms with Gasteiger partial charge in [0.1, 0.15) is 19.3 Å². The summed E-state index contributed by atoms with van der Waals surface area (Å²) in [6.45, 7) is 4.16. The van der Waals surface area contributed by atoms with Crippen LogP contribution in [-0.2, 0) is 19.1 Å². The molecule has 0 aliphatic rings. The monoisotopic (exact) mass is 717 g/mol. The van der Waals surface area contributed by atoms with Crippen molar-refractivity contribution in [2.45, 2.75) is 212 Å². The largest absolute Gasteiger partial charge is 0.463 e. The molecule has 0 spiro atoms. The summed E-state index contributed by atoms with van der Waals surface area (Å²) in [7, 11) is 0. The molecule has 0 aromatic heterocycles. The highest BCUT2D eigenvalue weighted by molar-refractivity contribution is 5.69. The van der Waals surface area contributed by atoms with Gasteiger partial charge in [-0.15, -0.1) is 0 Å². The first-order valence-electron chi connectivity index (χ1n) is 21.3. The Hall–Kier alpha value is -2.18. The number of ether oxygens (including phenoxy) is 2. The van der Waals surface area contributed by atoms with Crippen molar-refractivity contribution in [1.82, 2.24) is 0 Å². The van der Waals surface area contributed by atoms with Crippen molar-refractivity contribution in [3.05, 3.63) is 48.6 Å². The van der Waals surface area contributed by atoms with Crippen LogP contribution in [0.2, 0.25) is 0 Å². The van der Waals surface area contributed by atoms with E-state index in [1.165, 1.54) is 122 Å². The lowest BCUT2D eigenvalue weighted by Gasteiger charge is -2.12. The van der Waals surface area contributed by atoms with Crippen molar-refractivity contribution in [2.24, 2.45) is 0 Å². The highest BCUT2D eigenvalue weighted by Crippen LogP contribution is 2.15. The Morgan fingerprint density at radius 1 is 0.490 bits per heavy atom. The van der Waals surface area contributed by atoms with Crippen LogP contribution in [0.15, 0.2) is 48.6 Å². The molecular formula is C45H80O6. The Labute approximate surface area is 314 Å². The molecule has 6 heteroatoms. The lowest BCUT2D eigenvalue weighted by atomic mass is 10.0. The summed E-state index contributed by atoms with van der Waals surface area (Å²) < 4.78 is 10.3. The number of aliphatic hydroxyl groups excluding tert-OH is 2. The molecule has 6 nitrogen and oxygen atoms in total. The van der Waals surface area contributed by atoms with Crippen molar-refractivity contribution in [1.29, 1.82) is 0 Å². The predicted molar refractivity (Wildman–Crippen MR) is 216 cm³/mol. The normalized spacial score (nSPS) is 13.3. The van der Waals surface area contributed by atoms with Gasteiger partial charge >= 0.3 is 11.9 Å². The van der Waals surface area contributed by atoms with Crippen molar-refractivity contribution in [3.63, 3.8) is 0 Å². The second kappa shape index (κ2) is 40.6. The summed E-state index contributed by atoms with van der Waals surface area (Å²) in [4.78, 5) is 24.0. The lowest BCUT2D eigenvalue weighted by Crippen LogP contribution is -2.25. The quantitative estimate of drug-likeness (QED) is 0.0286. The second-order valence-corrected chi connectivity index (χ2v) is 14.3. The zero-order valence-corrected chi connectivity index (χ0v) is 33.2. The maximum atomic E-state index is 12.0. The van der Waals surface area contributed by atoms with E-state index >= 15 is 0 Å². The number of carbonyl (C=O) groups is 2. The van der Waals surface area contributed by atoms with Crippen molar-refractivity contribution in [2.75, 3.05) is 13.2 Å². The Balaban J connectivity index is 3.55. The molecule has 0 bridgehead atoms. The van der Waals surface area contributed by atoms with Crippen LogP contribution in [0.5, 0.6) is 0 Å². The number of esters is 2. The molecule has 0 saturated heterocycles. The van der Waals surface area contributed by atoms with E-state index in [-0.39, 0.29) is 31.6 Å². The number of unbranched alkanes of at least 4 members (excludes halogenated alkanes) is 22. The van der Waals surface area contributed by atoms with E-state index in [2.05, 4.69) is 26.0 Å². The predicted octanol–water partition coefficient (Wildman–Crippen LogP) is 12.4. The summed E-state index contributed by atoms with van der Waals surface area (Å²) in [6, 6.07) is 0. The Kier molecular flexibility index (Phi) is 38.9. The molecule has 296 valence electrons. The first-order valence-corrected chi connectivity index (χ1v) is 21.3. The SMILES string of the molecule is CCCCC/C=C\C[C@@H](O)/C=C/C=C\C/C=C\CCCC(=O)OC[C@@H](O)COC(=O)CCCCCCCCCCCCCCCCCCCCC. The van der Waals surface area contributed by atoms with Gasteiger partial charge in [0.15, 0.2) is 0 Å². The average Bonchev–Trinajstić information content (AvgIpc) is 3.13. The second-order valence-electron chi connectivity index (χ2n) is 14.3. The molecule has 0 radical (unpaired) electrons. The summed E-state index contributed by atoms with van der Waals surface area (Å²) in [5.41, 5.74) is 0. The molecule has 2 N–H and O–H groups in total. The minimum absolute atomic E-state index is 0.147. The van der Waals surface area contributed by atoms with Gasteiger partial charge in [-0.25, -0.2) is 0 Å². The molecule has 0 fully saturated rings. The molecular weight excluding hydrogens is 636 g/mol. The van der Waals surface area contributed by atoms with E-state index in [0.717, 1.165) is 38.5 Å². The van der Waals surface area contributed by atoms with Crippen LogP contribution in [0.1, 0.15) is 200 Å². The van der Waals surface area contributed by atoms with Crippen LogP contribution in [0.25, 0.3) is 0 Å². The van der Waals surface area contributed by atoms with E-state index in [9.17, 15) is 19.8 Å². The number of hydrogen-bond donors (Lipinski definition) is 2.